The zero-order valence-electron chi connectivity index (χ0n) is 17.7. The lowest BCUT2D eigenvalue weighted by Crippen LogP contribution is -2.14. The van der Waals surface area contributed by atoms with Crippen LogP contribution in [0.2, 0.25) is 0 Å². The first-order valence-electron chi connectivity index (χ1n) is 9.66. The number of ether oxygens (including phenoxy) is 2. The molecule has 33 heavy (non-hydrogen) atoms. The Labute approximate surface area is 208 Å². The lowest BCUT2D eigenvalue weighted by atomic mass is 10.1. The molecule has 1 N–H and O–H groups in total. The summed E-state index contributed by atoms with van der Waals surface area (Å²) in [4.78, 5) is 24.9. The van der Waals surface area contributed by atoms with E-state index in [1.165, 1.54) is 6.08 Å². The molecule has 6 nitrogen and oxygen atoms in total. The second-order valence-electron chi connectivity index (χ2n) is 6.91. The van der Waals surface area contributed by atoms with E-state index in [-0.39, 0.29) is 5.57 Å². The molecule has 0 spiro atoms. The van der Waals surface area contributed by atoms with Crippen LogP contribution in [0.3, 0.4) is 0 Å². The summed E-state index contributed by atoms with van der Waals surface area (Å²) in [6.07, 6.45) is 1.46. The van der Waals surface area contributed by atoms with Crippen molar-refractivity contribution in [1.29, 1.82) is 5.26 Å². The molecule has 1 amide bonds. The average Bonchev–Trinajstić information content (AvgIpc) is 2.80. The van der Waals surface area contributed by atoms with Crippen molar-refractivity contribution in [2.24, 2.45) is 0 Å². The van der Waals surface area contributed by atoms with Gasteiger partial charge in [-0.1, -0.05) is 12.1 Å². The van der Waals surface area contributed by atoms with Crippen LogP contribution in [0.5, 0.6) is 11.5 Å². The summed E-state index contributed by atoms with van der Waals surface area (Å²) in [6.45, 7) is 1.93. The van der Waals surface area contributed by atoms with E-state index in [1.807, 2.05) is 25.1 Å². The Kier molecular flexibility index (Phi) is 8.04. The monoisotopic (exact) mass is 568 g/mol. The molecule has 166 valence electrons. The Hall–Kier alpha value is -3.41. The number of anilines is 1. The molecule has 8 heteroatoms. The van der Waals surface area contributed by atoms with Crippen LogP contribution in [0.1, 0.15) is 21.5 Å². The number of esters is 1. The van der Waals surface area contributed by atoms with Gasteiger partial charge in [0.1, 0.15) is 23.1 Å². The number of carbonyl (C=O) groups excluding carboxylic acids is 2. The number of carbonyl (C=O) groups is 2. The zero-order chi connectivity index (χ0) is 24.0. The third-order valence-electron chi connectivity index (χ3n) is 4.52. The highest BCUT2D eigenvalue weighted by atomic mass is 79.9. The van der Waals surface area contributed by atoms with Gasteiger partial charge in [0, 0.05) is 8.95 Å². The summed E-state index contributed by atoms with van der Waals surface area (Å²) in [5.41, 5.74) is 2.46. The molecule has 0 aromatic heterocycles. The van der Waals surface area contributed by atoms with Crippen LogP contribution in [0.4, 0.5) is 5.69 Å². The molecule has 0 aliphatic rings. The van der Waals surface area contributed by atoms with Gasteiger partial charge < -0.3 is 14.8 Å². The van der Waals surface area contributed by atoms with Gasteiger partial charge in [0.05, 0.1) is 18.4 Å². The summed E-state index contributed by atoms with van der Waals surface area (Å²) in [6, 6.07) is 18.7. The summed E-state index contributed by atoms with van der Waals surface area (Å²) in [5.74, 6) is -0.0735. The maximum absolute atomic E-state index is 12.6. The third kappa shape index (κ3) is 6.31. The van der Waals surface area contributed by atoms with Crippen LogP contribution in [0.25, 0.3) is 6.08 Å². The fourth-order valence-corrected chi connectivity index (χ4v) is 4.45. The molecule has 0 unspecified atom stereocenters. The van der Waals surface area contributed by atoms with Gasteiger partial charge in [-0.25, -0.2) is 4.79 Å². The Morgan fingerprint density at radius 3 is 2.09 bits per heavy atom. The van der Waals surface area contributed by atoms with Crippen LogP contribution in [0, 0.1) is 18.3 Å². The zero-order valence-corrected chi connectivity index (χ0v) is 20.9. The van der Waals surface area contributed by atoms with Gasteiger partial charge >= 0.3 is 5.97 Å². The van der Waals surface area contributed by atoms with Crippen LogP contribution in [-0.4, -0.2) is 19.0 Å². The number of rotatable bonds is 6. The fourth-order valence-electron chi connectivity index (χ4n) is 2.84. The highest BCUT2D eigenvalue weighted by molar-refractivity contribution is 9.11. The van der Waals surface area contributed by atoms with Crippen molar-refractivity contribution in [3.63, 3.8) is 0 Å². The highest BCUT2D eigenvalue weighted by Gasteiger charge is 2.14. The van der Waals surface area contributed by atoms with Gasteiger partial charge in [-0.2, -0.15) is 5.26 Å². The van der Waals surface area contributed by atoms with E-state index in [4.69, 9.17) is 9.47 Å². The smallest absolute Gasteiger partial charge is 0.343 e. The molecule has 0 fully saturated rings. The number of nitrogens with zero attached hydrogens (tertiary/aromatic N) is 1. The number of hydrogen-bond acceptors (Lipinski definition) is 5. The van der Waals surface area contributed by atoms with Gasteiger partial charge in [-0.15, -0.1) is 0 Å². The van der Waals surface area contributed by atoms with E-state index in [0.29, 0.717) is 37.3 Å². The maximum atomic E-state index is 12.6. The minimum atomic E-state index is -0.544. The number of halogens is 2. The van der Waals surface area contributed by atoms with E-state index >= 15 is 0 Å². The van der Waals surface area contributed by atoms with E-state index < -0.39 is 11.9 Å². The van der Waals surface area contributed by atoms with Crippen LogP contribution >= 0.6 is 31.9 Å². The molecule has 0 atom stereocenters. The Bertz CT molecular complexity index is 1240. The van der Waals surface area contributed by atoms with Gasteiger partial charge in [0.2, 0.25) is 0 Å². The number of hydrogen-bond donors (Lipinski definition) is 1. The van der Waals surface area contributed by atoms with Gasteiger partial charge in [-0.05, 0) is 105 Å². The maximum Gasteiger partial charge on any atom is 0.343 e. The Morgan fingerprint density at radius 1 is 0.970 bits per heavy atom. The van der Waals surface area contributed by atoms with E-state index in [2.05, 4.69) is 37.2 Å². The Morgan fingerprint density at radius 2 is 1.55 bits per heavy atom. The number of nitrogens with one attached hydrogen (secondary N) is 1. The molecule has 0 saturated carbocycles. The SMILES string of the molecule is COc1ccc(C(=O)Oc2ccc(/C=C(\C#N)C(=O)Nc3c(Br)cc(C)cc3Br)cc2)cc1. The van der Waals surface area contributed by atoms with E-state index in [1.54, 1.807) is 55.6 Å². The first-order chi connectivity index (χ1) is 15.8. The topological polar surface area (TPSA) is 88.4 Å². The van der Waals surface area contributed by atoms with Crippen molar-refractivity contribution in [2.75, 3.05) is 12.4 Å². The summed E-state index contributed by atoms with van der Waals surface area (Å²) in [5, 5.41) is 12.2. The predicted molar refractivity (Wildman–Crippen MR) is 133 cm³/mol. The lowest BCUT2D eigenvalue weighted by molar-refractivity contribution is -0.112. The van der Waals surface area contributed by atoms with Crippen LogP contribution in [0.15, 0.2) is 75.2 Å². The molecule has 0 bridgehead atoms. The largest absolute Gasteiger partial charge is 0.497 e. The molecule has 0 aliphatic heterocycles. The molecular weight excluding hydrogens is 552 g/mol. The molecular formula is C25H18Br2N2O4. The van der Waals surface area contributed by atoms with Crippen molar-refractivity contribution in [3.8, 4) is 17.6 Å². The normalized spacial score (nSPS) is 10.8. The quantitative estimate of drug-likeness (QED) is 0.163. The first-order valence-corrected chi connectivity index (χ1v) is 11.2. The molecule has 0 aliphatic carbocycles. The molecule has 0 saturated heterocycles. The van der Waals surface area contributed by atoms with Gasteiger partial charge in [-0.3, -0.25) is 4.79 Å². The van der Waals surface area contributed by atoms with Crippen molar-refractivity contribution in [2.45, 2.75) is 6.92 Å². The number of aryl methyl sites for hydroxylation is 1. The van der Waals surface area contributed by atoms with Crippen molar-refractivity contribution < 1.29 is 19.1 Å². The summed E-state index contributed by atoms with van der Waals surface area (Å²) < 4.78 is 11.8. The number of methoxy groups -OCH3 is 1. The number of benzene rings is 3. The van der Waals surface area contributed by atoms with Crippen LogP contribution < -0.4 is 14.8 Å². The van der Waals surface area contributed by atoms with Crippen molar-refractivity contribution >= 4 is 55.5 Å². The van der Waals surface area contributed by atoms with Crippen molar-refractivity contribution in [3.05, 3.63) is 91.9 Å². The standard InChI is InChI=1S/C25H18Br2N2O4/c1-15-11-21(26)23(22(27)12-15)29-24(30)18(14-28)13-16-3-7-20(8-4-16)33-25(31)17-5-9-19(32-2)10-6-17/h3-13H,1-2H3,(H,29,30)/b18-13+. The number of nitriles is 1. The summed E-state index contributed by atoms with van der Waals surface area (Å²) >= 11 is 6.84. The average molecular weight is 570 g/mol. The first kappa shape index (κ1) is 24.2. The minimum Gasteiger partial charge on any atom is -0.497 e. The summed E-state index contributed by atoms with van der Waals surface area (Å²) in [7, 11) is 1.55. The lowest BCUT2D eigenvalue weighted by Gasteiger charge is -2.10. The minimum absolute atomic E-state index is 0.0719. The fraction of sp³-hybridized carbons (Fsp3) is 0.0800. The Balaban J connectivity index is 1.71. The van der Waals surface area contributed by atoms with Gasteiger partial charge in [0.15, 0.2) is 0 Å². The van der Waals surface area contributed by atoms with E-state index in [0.717, 1.165) is 5.56 Å². The molecule has 3 aromatic carbocycles. The number of amides is 1. The third-order valence-corrected chi connectivity index (χ3v) is 5.77. The molecule has 0 heterocycles. The molecule has 3 rings (SSSR count). The molecule has 0 radical (unpaired) electrons. The van der Waals surface area contributed by atoms with Crippen molar-refractivity contribution in [1.82, 2.24) is 0 Å². The molecule has 3 aromatic rings. The highest BCUT2D eigenvalue weighted by Crippen LogP contribution is 2.32. The van der Waals surface area contributed by atoms with Gasteiger partial charge in [0.25, 0.3) is 5.91 Å². The predicted octanol–water partition coefficient (Wildman–Crippen LogP) is 6.29. The van der Waals surface area contributed by atoms with E-state index in [9.17, 15) is 14.9 Å². The second-order valence-corrected chi connectivity index (χ2v) is 8.62. The van der Waals surface area contributed by atoms with Crippen LogP contribution in [-0.2, 0) is 4.79 Å². The second kappa shape index (κ2) is 10.9.